The van der Waals surface area contributed by atoms with Crippen LogP contribution in [0.25, 0.3) is 0 Å². The van der Waals surface area contributed by atoms with Gasteiger partial charge in [-0.25, -0.2) is 0 Å². The number of H-pyrrole nitrogens is 1. The molecular formula is C14H25N3OS. The maximum atomic E-state index is 5.44. The highest BCUT2D eigenvalue weighted by atomic mass is 32.1. The molecule has 4 nitrogen and oxygen atoms in total. The number of rotatable bonds is 11. The Morgan fingerprint density at radius 2 is 1.74 bits per heavy atom. The highest BCUT2D eigenvalue weighted by molar-refractivity contribution is 7.71. The molecule has 0 atom stereocenters. The number of allylic oxidation sites excluding steroid dienone is 2. The number of nitrogens with zero attached hydrogens (tertiary/aromatic N) is 1. The fourth-order valence-electron chi connectivity index (χ4n) is 1.92. The zero-order chi connectivity index (χ0) is 13.8. The van der Waals surface area contributed by atoms with Crippen molar-refractivity contribution < 1.29 is 4.52 Å². The molecule has 0 spiro atoms. The minimum atomic E-state index is 0.370. The summed E-state index contributed by atoms with van der Waals surface area (Å²) in [6.07, 6.45) is 15.1. The SMILES string of the molecule is NCCCC/C=C\CCCCCCc1noc(=S)[nH]1. The van der Waals surface area contributed by atoms with E-state index < -0.39 is 0 Å². The van der Waals surface area contributed by atoms with Gasteiger partial charge in [0.2, 0.25) is 0 Å². The predicted molar refractivity (Wildman–Crippen MR) is 80.5 cm³/mol. The van der Waals surface area contributed by atoms with Crippen molar-refractivity contribution in [2.24, 2.45) is 5.73 Å². The molecule has 3 N–H and O–H groups in total. The molecule has 108 valence electrons. The minimum absolute atomic E-state index is 0.370. The lowest BCUT2D eigenvalue weighted by Crippen LogP contribution is -1.96. The average molecular weight is 283 g/mol. The van der Waals surface area contributed by atoms with Crippen molar-refractivity contribution in [3.63, 3.8) is 0 Å². The molecule has 0 amide bonds. The van der Waals surface area contributed by atoms with Crippen molar-refractivity contribution in [1.82, 2.24) is 10.1 Å². The topological polar surface area (TPSA) is 67.8 Å². The standard InChI is InChI=1S/C14H25N3OS/c15-12-10-8-6-4-2-1-3-5-7-9-11-13-16-14(19)18-17-13/h2,4H,1,3,5-12,15H2,(H,16,17,19)/b4-2-. The molecule has 0 bridgehead atoms. The van der Waals surface area contributed by atoms with Crippen molar-refractivity contribution in [3.8, 4) is 0 Å². The lowest BCUT2D eigenvalue weighted by atomic mass is 10.1. The Kier molecular flexibility index (Phi) is 9.27. The predicted octanol–water partition coefficient (Wildman–Crippen LogP) is 3.91. The van der Waals surface area contributed by atoms with Crippen LogP contribution in [0.15, 0.2) is 16.7 Å². The van der Waals surface area contributed by atoms with Crippen LogP contribution in [0.5, 0.6) is 0 Å². The Labute approximate surface area is 120 Å². The lowest BCUT2D eigenvalue weighted by Gasteiger charge is -1.97. The van der Waals surface area contributed by atoms with E-state index in [4.69, 9.17) is 22.5 Å². The second-order valence-corrected chi connectivity index (χ2v) is 5.12. The number of nitrogens with two attached hydrogens (primary N) is 1. The van der Waals surface area contributed by atoms with Crippen LogP contribution in [0.1, 0.15) is 57.2 Å². The zero-order valence-corrected chi connectivity index (χ0v) is 12.4. The maximum Gasteiger partial charge on any atom is 0.294 e. The molecule has 0 aliphatic rings. The van der Waals surface area contributed by atoms with E-state index in [1.54, 1.807) is 0 Å². The normalized spacial score (nSPS) is 11.4. The van der Waals surface area contributed by atoms with Crippen molar-refractivity contribution in [2.45, 2.75) is 57.8 Å². The first-order valence-corrected chi connectivity index (χ1v) is 7.63. The second kappa shape index (κ2) is 10.9. The molecular weight excluding hydrogens is 258 g/mol. The van der Waals surface area contributed by atoms with E-state index in [2.05, 4.69) is 22.3 Å². The van der Waals surface area contributed by atoms with Crippen LogP contribution in [0.4, 0.5) is 0 Å². The monoisotopic (exact) mass is 283 g/mol. The van der Waals surface area contributed by atoms with Gasteiger partial charge in [0.1, 0.15) is 5.82 Å². The first kappa shape index (κ1) is 16.1. The summed E-state index contributed by atoms with van der Waals surface area (Å²) in [7, 11) is 0. The fraction of sp³-hybridized carbons (Fsp3) is 0.714. The van der Waals surface area contributed by atoms with Crippen LogP contribution in [-0.4, -0.2) is 16.7 Å². The second-order valence-electron chi connectivity index (χ2n) is 4.75. The van der Waals surface area contributed by atoms with Crippen molar-refractivity contribution >= 4 is 12.2 Å². The van der Waals surface area contributed by atoms with Gasteiger partial charge in [-0.2, -0.15) is 0 Å². The summed E-state index contributed by atoms with van der Waals surface area (Å²) in [4.78, 5) is 3.30. The number of hydrogen-bond donors (Lipinski definition) is 2. The highest BCUT2D eigenvalue weighted by Crippen LogP contribution is 2.07. The van der Waals surface area contributed by atoms with Gasteiger partial charge in [0.05, 0.1) is 0 Å². The van der Waals surface area contributed by atoms with Gasteiger partial charge in [-0.3, -0.25) is 4.98 Å². The van der Waals surface area contributed by atoms with Crippen LogP contribution >= 0.6 is 12.2 Å². The van der Waals surface area contributed by atoms with E-state index in [0.29, 0.717) is 4.84 Å². The first-order chi connectivity index (χ1) is 9.33. The van der Waals surface area contributed by atoms with Crippen molar-refractivity contribution in [2.75, 3.05) is 6.54 Å². The summed E-state index contributed by atoms with van der Waals surface area (Å²) in [6, 6.07) is 0. The highest BCUT2D eigenvalue weighted by Gasteiger charge is 1.97. The summed E-state index contributed by atoms with van der Waals surface area (Å²) in [5, 5.41) is 3.84. The maximum absolute atomic E-state index is 5.44. The van der Waals surface area contributed by atoms with E-state index in [0.717, 1.165) is 31.6 Å². The van der Waals surface area contributed by atoms with Crippen LogP contribution in [0.3, 0.4) is 0 Å². The molecule has 0 aliphatic carbocycles. The van der Waals surface area contributed by atoms with Gasteiger partial charge in [0.25, 0.3) is 4.84 Å². The molecule has 0 saturated carbocycles. The molecule has 19 heavy (non-hydrogen) atoms. The summed E-state index contributed by atoms with van der Waals surface area (Å²) in [6.45, 7) is 0.809. The van der Waals surface area contributed by atoms with Crippen LogP contribution < -0.4 is 5.73 Å². The molecule has 1 heterocycles. The Bertz CT molecular complexity index is 397. The zero-order valence-electron chi connectivity index (χ0n) is 11.6. The van der Waals surface area contributed by atoms with Gasteiger partial charge in [-0.15, -0.1) is 0 Å². The van der Waals surface area contributed by atoms with E-state index in [-0.39, 0.29) is 0 Å². The molecule has 0 radical (unpaired) electrons. The van der Waals surface area contributed by atoms with E-state index in [1.165, 1.54) is 38.5 Å². The Morgan fingerprint density at radius 3 is 2.37 bits per heavy atom. The molecule has 1 rings (SSSR count). The van der Waals surface area contributed by atoms with Gasteiger partial charge >= 0.3 is 0 Å². The fourth-order valence-corrected chi connectivity index (χ4v) is 2.07. The third kappa shape index (κ3) is 8.72. The van der Waals surface area contributed by atoms with Crippen LogP contribution in [0.2, 0.25) is 0 Å². The summed E-state index contributed by atoms with van der Waals surface area (Å²) in [5.41, 5.74) is 5.44. The first-order valence-electron chi connectivity index (χ1n) is 7.23. The molecule has 0 aromatic carbocycles. The molecule has 0 fully saturated rings. The van der Waals surface area contributed by atoms with Crippen molar-refractivity contribution in [1.29, 1.82) is 0 Å². The number of nitrogens with one attached hydrogen (secondary N) is 1. The number of hydrogen-bond acceptors (Lipinski definition) is 4. The van der Waals surface area contributed by atoms with E-state index >= 15 is 0 Å². The van der Waals surface area contributed by atoms with Gasteiger partial charge in [0.15, 0.2) is 0 Å². The Hall–Kier alpha value is -0.940. The molecule has 1 aromatic rings. The number of unbranched alkanes of at least 4 members (excludes halogenated alkanes) is 6. The Morgan fingerprint density at radius 1 is 1.05 bits per heavy atom. The van der Waals surface area contributed by atoms with Crippen molar-refractivity contribution in [3.05, 3.63) is 22.8 Å². The van der Waals surface area contributed by atoms with E-state index in [9.17, 15) is 0 Å². The Balaban J connectivity index is 1.87. The summed E-state index contributed by atoms with van der Waals surface area (Å²) < 4.78 is 4.81. The minimum Gasteiger partial charge on any atom is -0.330 e. The number of aromatic amines is 1. The molecule has 5 heteroatoms. The molecule has 0 aliphatic heterocycles. The average Bonchev–Trinajstić information content (AvgIpc) is 2.82. The largest absolute Gasteiger partial charge is 0.330 e. The van der Waals surface area contributed by atoms with E-state index in [1.807, 2.05) is 0 Å². The molecule has 0 saturated heterocycles. The molecule has 0 unspecified atom stereocenters. The van der Waals surface area contributed by atoms with Crippen LogP contribution in [-0.2, 0) is 6.42 Å². The van der Waals surface area contributed by atoms with Gasteiger partial charge in [0, 0.05) is 6.42 Å². The number of aryl methyl sites for hydroxylation is 1. The van der Waals surface area contributed by atoms with Gasteiger partial charge in [-0.1, -0.05) is 30.2 Å². The smallest absolute Gasteiger partial charge is 0.294 e. The third-order valence-corrected chi connectivity index (χ3v) is 3.19. The summed E-state index contributed by atoms with van der Waals surface area (Å²) in [5.74, 6) is 0.866. The lowest BCUT2D eigenvalue weighted by molar-refractivity contribution is 0.397. The van der Waals surface area contributed by atoms with Crippen LogP contribution in [0, 0.1) is 4.84 Å². The van der Waals surface area contributed by atoms with Gasteiger partial charge in [-0.05, 0) is 57.3 Å². The number of aromatic nitrogens is 2. The summed E-state index contributed by atoms with van der Waals surface area (Å²) >= 11 is 4.82. The quantitative estimate of drug-likeness (QED) is 0.367. The van der Waals surface area contributed by atoms with Gasteiger partial charge < -0.3 is 10.3 Å². The molecule has 1 aromatic heterocycles. The third-order valence-electron chi connectivity index (χ3n) is 3.01.